The molecule has 1 fully saturated rings. The first-order valence-corrected chi connectivity index (χ1v) is 8.13. The summed E-state index contributed by atoms with van der Waals surface area (Å²) in [6.07, 6.45) is 2.49. The van der Waals surface area contributed by atoms with E-state index in [0.717, 1.165) is 50.2 Å². The number of nitrogens with zero attached hydrogens (tertiary/aromatic N) is 4. The number of nitrogens with one attached hydrogen (secondary N) is 1. The number of hydrogen-bond donors (Lipinski definition) is 1. The van der Waals surface area contributed by atoms with Gasteiger partial charge in [0.25, 0.3) is 5.91 Å². The predicted octanol–water partition coefficient (Wildman–Crippen LogP) is 0.997. The molecule has 122 valence electrons. The molecule has 1 aromatic carbocycles. The molecule has 2 aromatic rings. The van der Waals surface area contributed by atoms with Crippen molar-refractivity contribution in [3.63, 3.8) is 0 Å². The van der Waals surface area contributed by atoms with Gasteiger partial charge in [-0.25, -0.2) is 4.98 Å². The van der Waals surface area contributed by atoms with Crippen LogP contribution in [0.4, 0.5) is 0 Å². The molecule has 0 atom stereocenters. The van der Waals surface area contributed by atoms with Gasteiger partial charge in [-0.2, -0.15) is 0 Å². The summed E-state index contributed by atoms with van der Waals surface area (Å²) >= 11 is 0. The van der Waals surface area contributed by atoms with Crippen molar-refractivity contribution in [2.75, 3.05) is 46.3 Å². The molecule has 1 saturated heterocycles. The summed E-state index contributed by atoms with van der Waals surface area (Å²) in [5.74, 6) is -0.151. The van der Waals surface area contributed by atoms with Crippen LogP contribution in [0.3, 0.4) is 0 Å². The van der Waals surface area contributed by atoms with Crippen LogP contribution in [-0.4, -0.2) is 72.0 Å². The quantitative estimate of drug-likeness (QED) is 0.835. The van der Waals surface area contributed by atoms with Crippen LogP contribution in [-0.2, 0) is 0 Å². The lowest BCUT2D eigenvalue weighted by molar-refractivity contribution is 0.0944. The summed E-state index contributed by atoms with van der Waals surface area (Å²) in [5.41, 5.74) is 1.93. The van der Waals surface area contributed by atoms with E-state index in [-0.39, 0.29) is 5.91 Å². The van der Waals surface area contributed by atoms with Crippen LogP contribution in [0.25, 0.3) is 11.0 Å². The Hall–Kier alpha value is -2.05. The normalized spacial score (nSPS) is 16.6. The molecule has 0 saturated carbocycles. The second-order valence-corrected chi connectivity index (χ2v) is 6.00. The number of carbonyl (C=O) groups is 1. The fourth-order valence-corrected chi connectivity index (χ4v) is 2.73. The van der Waals surface area contributed by atoms with Crippen molar-refractivity contribution in [2.45, 2.75) is 6.42 Å². The molecule has 2 heterocycles. The molecule has 1 aliphatic heterocycles. The van der Waals surface area contributed by atoms with E-state index in [1.54, 1.807) is 0 Å². The van der Waals surface area contributed by atoms with Crippen LogP contribution in [0, 0.1) is 0 Å². The van der Waals surface area contributed by atoms with Gasteiger partial charge in [-0.1, -0.05) is 12.1 Å². The van der Waals surface area contributed by atoms with Gasteiger partial charge in [0.05, 0.1) is 17.2 Å². The van der Waals surface area contributed by atoms with Gasteiger partial charge >= 0.3 is 0 Å². The number of rotatable bonds is 5. The number of carbonyl (C=O) groups excluding carboxylic acids is 1. The number of piperazine rings is 1. The van der Waals surface area contributed by atoms with E-state index in [1.807, 2.05) is 24.3 Å². The Morgan fingerprint density at radius 1 is 1.17 bits per heavy atom. The summed E-state index contributed by atoms with van der Waals surface area (Å²) in [7, 11) is 2.15. The number of hydrogen-bond acceptors (Lipinski definition) is 5. The Kier molecular flexibility index (Phi) is 5.15. The lowest BCUT2D eigenvalue weighted by atomic mass is 10.3. The van der Waals surface area contributed by atoms with Crippen molar-refractivity contribution < 1.29 is 4.79 Å². The van der Waals surface area contributed by atoms with Gasteiger partial charge in [-0.15, -0.1) is 0 Å². The molecule has 6 heteroatoms. The second kappa shape index (κ2) is 7.48. The maximum absolute atomic E-state index is 12.1. The smallest absolute Gasteiger partial charge is 0.271 e. The molecule has 3 rings (SSSR count). The highest BCUT2D eigenvalue weighted by atomic mass is 16.1. The van der Waals surface area contributed by atoms with Gasteiger partial charge in [-0.05, 0) is 32.1 Å². The molecule has 1 N–H and O–H groups in total. The van der Waals surface area contributed by atoms with Gasteiger partial charge in [0.15, 0.2) is 0 Å². The van der Waals surface area contributed by atoms with E-state index >= 15 is 0 Å². The summed E-state index contributed by atoms with van der Waals surface area (Å²) in [4.78, 5) is 25.6. The van der Waals surface area contributed by atoms with E-state index in [0.29, 0.717) is 12.2 Å². The van der Waals surface area contributed by atoms with Gasteiger partial charge in [-0.3, -0.25) is 9.78 Å². The largest absolute Gasteiger partial charge is 0.351 e. The molecule has 1 aliphatic rings. The molecule has 0 spiro atoms. The standard InChI is InChI=1S/C17H23N5O/c1-21-9-11-22(12-10-21)8-4-7-18-17(23)16-13-19-14-5-2-3-6-15(14)20-16/h2-3,5-6,13H,4,7-12H2,1H3,(H,18,23). The number of amides is 1. The third-order valence-corrected chi connectivity index (χ3v) is 4.21. The molecule has 0 radical (unpaired) electrons. The third kappa shape index (κ3) is 4.24. The molecule has 0 bridgehead atoms. The highest BCUT2D eigenvalue weighted by Crippen LogP contribution is 2.08. The molecule has 0 unspecified atom stereocenters. The average molecular weight is 313 g/mol. The number of aromatic nitrogens is 2. The van der Waals surface area contributed by atoms with Crippen LogP contribution < -0.4 is 5.32 Å². The van der Waals surface area contributed by atoms with Crippen LogP contribution in [0.5, 0.6) is 0 Å². The van der Waals surface area contributed by atoms with Gasteiger partial charge in [0.2, 0.25) is 0 Å². The van der Waals surface area contributed by atoms with E-state index in [4.69, 9.17) is 0 Å². The van der Waals surface area contributed by atoms with Crippen molar-refractivity contribution in [3.8, 4) is 0 Å². The number of fused-ring (bicyclic) bond motifs is 1. The first-order valence-electron chi connectivity index (χ1n) is 8.13. The average Bonchev–Trinajstić information content (AvgIpc) is 2.59. The van der Waals surface area contributed by atoms with Crippen molar-refractivity contribution in [3.05, 3.63) is 36.2 Å². The Morgan fingerprint density at radius 2 is 1.91 bits per heavy atom. The van der Waals surface area contributed by atoms with Crippen LogP contribution in [0.2, 0.25) is 0 Å². The molecule has 23 heavy (non-hydrogen) atoms. The zero-order valence-corrected chi connectivity index (χ0v) is 13.5. The summed E-state index contributed by atoms with van der Waals surface area (Å²) in [6.45, 7) is 6.16. The monoisotopic (exact) mass is 313 g/mol. The summed E-state index contributed by atoms with van der Waals surface area (Å²) in [6, 6.07) is 7.57. The highest BCUT2D eigenvalue weighted by molar-refractivity contribution is 5.93. The lowest BCUT2D eigenvalue weighted by Gasteiger charge is -2.32. The lowest BCUT2D eigenvalue weighted by Crippen LogP contribution is -2.45. The van der Waals surface area contributed by atoms with Crippen molar-refractivity contribution in [1.82, 2.24) is 25.1 Å². The Balaban J connectivity index is 1.45. The zero-order valence-electron chi connectivity index (χ0n) is 13.5. The Labute approximate surface area is 136 Å². The first kappa shape index (κ1) is 15.8. The minimum absolute atomic E-state index is 0.151. The zero-order chi connectivity index (χ0) is 16.1. The van der Waals surface area contributed by atoms with Crippen LogP contribution in [0.1, 0.15) is 16.9 Å². The molecular formula is C17H23N5O. The number of likely N-dealkylation sites (N-methyl/N-ethyl adjacent to an activating group) is 1. The number of benzene rings is 1. The maximum atomic E-state index is 12.1. The molecular weight excluding hydrogens is 290 g/mol. The first-order chi connectivity index (χ1) is 11.2. The minimum atomic E-state index is -0.151. The fourth-order valence-electron chi connectivity index (χ4n) is 2.73. The second-order valence-electron chi connectivity index (χ2n) is 6.00. The molecule has 1 amide bonds. The topological polar surface area (TPSA) is 61.4 Å². The van der Waals surface area contributed by atoms with Crippen LogP contribution >= 0.6 is 0 Å². The van der Waals surface area contributed by atoms with E-state index in [2.05, 4.69) is 32.1 Å². The summed E-state index contributed by atoms with van der Waals surface area (Å²) in [5, 5.41) is 2.93. The minimum Gasteiger partial charge on any atom is -0.351 e. The number of para-hydroxylation sites is 2. The third-order valence-electron chi connectivity index (χ3n) is 4.21. The molecule has 1 aromatic heterocycles. The van der Waals surface area contributed by atoms with Crippen LogP contribution in [0.15, 0.2) is 30.5 Å². The van der Waals surface area contributed by atoms with Crippen molar-refractivity contribution in [2.24, 2.45) is 0 Å². The SMILES string of the molecule is CN1CCN(CCCNC(=O)c2cnc3ccccc3n2)CC1. The van der Waals surface area contributed by atoms with Crippen molar-refractivity contribution in [1.29, 1.82) is 0 Å². The van der Waals surface area contributed by atoms with E-state index in [9.17, 15) is 4.79 Å². The van der Waals surface area contributed by atoms with Gasteiger partial charge < -0.3 is 15.1 Å². The van der Waals surface area contributed by atoms with Gasteiger partial charge in [0.1, 0.15) is 5.69 Å². The summed E-state index contributed by atoms with van der Waals surface area (Å²) < 4.78 is 0. The molecule has 0 aliphatic carbocycles. The molecule has 6 nitrogen and oxygen atoms in total. The maximum Gasteiger partial charge on any atom is 0.271 e. The van der Waals surface area contributed by atoms with E-state index < -0.39 is 0 Å². The van der Waals surface area contributed by atoms with Gasteiger partial charge in [0, 0.05) is 32.7 Å². The highest BCUT2D eigenvalue weighted by Gasteiger charge is 2.13. The Morgan fingerprint density at radius 3 is 2.70 bits per heavy atom. The van der Waals surface area contributed by atoms with E-state index in [1.165, 1.54) is 6.20 Å². The Bertz CT molecular complexity index is 667. The van der Waals surface area contributed by atoms with Crippen molar-refractivity contribution >= 4 is 16.9 Å². The fraction of sp³-hybridized carbons (Fsp3) is 0.471. The predicted molar refractivity (Wildman–Crippen MR) is 90.4 cm³/mol.